The minimum Gasteiger partial charge on any atom is -0.480 e. The molecule has 0 rings (SSSR count). The van der Waals surface area contributed by atoms with Crippen LogP contribution in [0.1, 0.15) is 19.3 Å². The van der Waals surface area contributed by atoms with E-state index < -0.39 is 24.0 Å². The second kappa shape index (κ2) is 10.3. The van der Waals surface area contributed by atoms with Crippen LogP contribution in [0.15, 0.2) is 0 Å². The van der Waals surface area contributed by atoms with Gasteiger partial charge in [-0.15, -0.1) is 0 Å². The highest BCUT2D eigenvalue weighted by atomic mass is 32.2. The van der Waals surface area contributed by atoms with Gasteiger partial charge in [-0.05, 0) is 31.3 Å². The van der Waals surface area contributed by atoms with Crippen molar-refractivity contribution in [3.8, 4) is 0 Å². The van der Waals surface area contributed by atoms with Crippen LogP contribution in [-0.4, -0.2) is 53.6 Å². The fourth-order valence-electron chi connectivity index (χ4n) is 1.45. The highest BCUT2D eigenvalue weighted by Gasteiger charge is 2.22. The Bertz CT molecular complexity index is 340. The lowest BCUT2D eigenvalue weighted by molar-refractivity contribution is -0.142. The van der Waals surface area contributed by atoms with Crippen LogP contribution in [0.25, 0.3) is 0 Å². The Labute approximate surface area is 122 Å². The van der Waals surface area contributed by atoms with Crippen molar-refractivity contribution in [3.63, 3.8) is 0 Å². The van der Waals surface area contributed by atoms with E-state index in [1.54, 1.807) is 0 Å². The van der Waals surface area contributed by atoms with Crippen molar-refractivity contribution in [3.05, 3.63) is 0 Å². The minimum absolute atomic E-state index is 0.133. The topological polar surface area (TPSA) is 154 Å². The van der Waals surface area contributed by atoms with Crippen LogP contribution in [0.4, 0.5) is 0 Å². The molecule has 0 aliphatic heterocycles. The molecule has 0 aromatic rings. The number of nitrogens with one attached hydrogen (secondary N) is 3. The molecule has 0 spiro atoms. The summed E-state index contributed by atoms with van der Waals surface area (Å²) in [7, 11) is 0. The number of carboxylic acid groups (broad SMARTS) is 1. The molecule has 1 amide bonds. The largest absolute Gasteiger partial charge is 0.480 e. The Balaban J connectivity index is 4.08. The number of nitrogens with two attached hydrogens (primary N) is 2. The Kier molecular flexibility index (Phi) is 9.56. The highest BCUT2D eigenvalue weighted by molar-refractivity contribution is 7.98. The van der Waals surface area contributed by atoms with Crippen molar-refractivity contribution in [2.45, 2.75) is 31.3 Å². The average molecular weight is 305 g/mol. The summed E-state index contributed by atoms with van der Waals surface area (Å²) in [5.74, 6) is -1.01. The van der Waals surface area contributed by atoms with Gasteiger partial charge in [-0.25, -0.2) is 4.79 Å². The first kappa shape index (κ1) is 18.5. The number of carbonyl (C=O) groups is 2. The average Bonchev–Trinajstić information content (AvgIpc) is 2.38. The second-order valence-corrected chi connectivity index (χ2v) is 5.26. The summed E-state index contributed by atoms with van der Waals surface area (Å²) in [6, 6.07) is -1.67. The maximum absolute atomic E-state index is 11.8. The number of carboxylic acids is 1. The van der Waals surface area contributed by atoms with Gasteiger partial charge in [0.2, 0.25) is 5.91 Å². The lowest BCUT2D eigenvalue weighted by Crippen LogP contribution is -2.48. The molecule has 0 heterocycles. The van der Waals surface area contributed by atoms with E-state index in [-0.39, 0.29) is 5.96 Å². The standard InChI is InChI=1S/C11H23N5O3S/c1-20-6-4-8(10(18)19)16-9(17)7(12)3-2-5-15-11(13)14/h7-8H,2-6,12H2,1H3,(H,16,17)(H,18,19)(H4,13,14,15). The van der Waals surface area contributed by atoms with Gasteiger partial charge in [-0.3, -0.25) is 10.2 Å². The van der Waals surface area contributed by atoms with Crippen LogP contribution in [-0.2, 0) is 9.59 Å². The normalized spacial score (nSPS) is 13.3. The summed E-state index contributed by atoms with van der Waals surface area (Å²) in [6.07, 6.45) is 3.19. The van der Waals surface area contributed by atoms with Gasteiger partial charge in [-0.2, -0.15) is 11.8 Å². The van der Waals surface area contributed by atoms with E-state index in [1.165, 1.54) is 11.8 Å². The summed E-state index contributed by atoms with van der Waals surface area (Å²) in [6.45, 7) is 0.450. The molecule has 9 heteroatoms. The first-order valence-electron chi connectivity index (χ1n) is 6.24. The molecule has 0 radical (unpaired) electrons. The zero-order chi connectivity index (χ0) is 15.5. The van der Waals surface area contributed by atoms with Crippen LogP contribution in [0, 0.1) is 5.41 Å². The van der Waals surface area contributed by atoms with Gasteiger partial charge in [0.1, 0.15) is 6.04 Å². The van der Waals surface area contributed by atoms with E-state index in [2.05, 4.69) is 10.6 Å². The lowest BCUT2D eigenvalue weighted by atomic mass is 10.1. The number of amides is 1. The van der Waals surface area contributed by atoms with Crippen LogP contribution in [0.2, 0.25) is 0 Å². The third-order valence-electron chi connectivity index (χ3n) is 2.57. The summed E-state index contributed by atoms with van der Waals surface area (Å²) < 4.78 is 0. The molecule has 0 fully saturated rings. The zero-order valence-corrected chi connectivity index (χ0v) is 12.3. The van der Waals surface area contributed by atoms with Gasteiger partial charge in [-0.1, -0.05) is 0 Å². The molecule has 0 aliphatic carbocycles. The van der Waals surface area contributed by atoms with Crippen LogP contribution < -0.4 is 22.1 Å². The maximum atomic E-state index is 11.8. The number of rotatable bonds is 10. The highest BCUT2D eigenvalue weighted by Crippen LogP contribution is 2.02. The smallest absolute Gasteiger partial charge is 0.326 e. The molecule has 20 heavy (non-hydrogen) atoms. The fraction of sp³-hybridized carbons (Fsp3) is 0.727. The van der Waals surface area contributed by atoms with Crippen molar-refractivity contribution in [1.82, 2.24) is 10.6 Å². The quantitative estimate of drug-likeness (QED) is 0.170. The Hall–Kier alpha value is -1.48. The van der Waals surface area contributed by atoms with Crippen LogP contribution >= 0.6 is 11.8 Å². The Morgan fingerprint density at radius 3 is 2.55 bits per heavy atom. The molecule has 0 aliphatic rings. The molecular formula is C11H23N5O3S. The molecule has 8 N–H and O–H groups in total. The van der Waals surface area contributed by atoms with E-state index in [0.29, 0.717) is 31.6 Å². The number of carbonyl (C=O) groups excluding carboxylic acids is 1. The SMILES string of the molecule is CSCCC(NC(=O)C(N)CCCNC(=N)N)C(=O)O. The minimum atomic E-state index is -1.06. The number of hydrogen-bond donors (Lipinski definition) is 6. The summed E-state index contributed by atoms with van der Waals surface area (Å²) in [5.41, 5.74) is 10.8. The van der Waals surface area contributed by atoms with E-state index in [0.717, 1.165) is 0 Å². The Morgan fingerprint density at radius 1 is 1.40 bits per heavy atom. The molecule has 0 aromatic heterocycles. The van der Waals surface area contributed by atoms with Crippen molar-refractivity contribution in [1.29, 1.82) is 5.41 Å². The number of aliphatic carboxylic acids is 1. The maximum Gasteiger partial charge on any atom is 0.326 e. The van der Waals surface area contributed by atoms with Gasteiger partial charge >= 0.3 is 5.97 Å². The van der Waals surface area contributed by atoms with Crippen LogP contribution in [0.5, 0.6) is 0 Å². The van der Waals surface area contributed by atoms with E-state index >= 15 is 0 Å². The predicted octanol–water partition coefficient (Wildman–Crippen LogP) is -1.10. The molecule has 0 bridgehead atoms. The van der Waals surface area contributed by atoms with E-state index in [9.17, 15) is 9.59 Å². The first-order chi connectivity index (χ1) is 9.38. The van der Waals surface area contributed by atoms with Crippen LogP contribution in [0.3, 0.4) is 0 Å². The van der Waals surface area contributed by atoms with Crippen molar-refractivity contribution in [2.75, 3.05) is 18.6 Å². The monoisotopic (exact) mass is 305 g/mol. The summed E-state index contributed by atoms with van der Waals surface area (Å²) in [5, 5.41) is 21.0. The fourth-order valence-corrected chi connectivity index (χ4v) is 1.92. The van der Waals surface area contributed by atoms with Crippen molar-refractivity contribution in [2.24, 2.45) is 11.5 Å². The second-order valence-electron chi connectivity index (χ2n) is 4.27. The molecule has 0 aromatic carbocycles. The molecule has 116 valence electrons. The third-order valence-corrected chi connectivity index (χ3v) is 3.21. The molecule has 0 saturated heterocycles. The summed E-state index contributed by atoms with van der Waals surface area (Å²) in [4.78, 5) is 22.7. The first-order valence-corrected chi connectivity index (χ1v) is 7.63. The third kappa shape index (κ3) is 8.59. The van der Waals surface area contributed by atoms with Gasteiger partial charge in [0, 0.05) is 6.54 Å². The zero-order valence-electron chi connectivity index (χ0n) is 11.5. The van der Waals surface area contributed by atoms with E-state index in [1.807, 2.05) is 6.26 Å². The number of guanidine groups is 1. The van der Waals surface area contributed by atoms with E-state index in [4.69, 9.17) is 22.0 Å². The predicted molar refractivity (Wildman–Crippen MR) is 79.7 cm³/mol. The Morgan fingerprint density at radius 2 is 2.05 bits per heavy atom. The molecule has 0 saturated carbocycles. The van der Waals surface area contributed by atoms with Crippen molar-refractivity contribution < 1.29 is 14.7 Å². The van der Waals surface area contributed by atoms with Gasteiger partial charge in [0.05, 0.1) is 6.04 Å². The molecular weight excluding hydrogens is 282 g/mol. The van der Waals surface area contributed by atoms with Gasteiger partial charge in [0.15, 0.2) is 5.96 Å². The number of hydrogen-bond acceptors (Lipinski definition) is 5. The number of thioether (sulfide) groups is 1. The van der Waals surface area contributed by atoms with Crippen molar-refractivity contribution >= 4 is 29.6 Å². The van der Waals surface area contributed by atoms with Gasteiger partial charge in [0.25, 0.3) is 0 Å². The molecule has 2 unspecified atom stereocenters. The molecule has 2 atom stereocenters. The summed E-state index contributed by atoms with van der Waals surface area (Å²) >= 11 is 1.52. The van der Waals surface area contributed by atoms with Gasteiger partial charge < -0.3 is 27.2 Å². The molecule has 8 nitrogen and oxygen atoms in total. The lowest BCUT2D eigenvalue weighted by Gasteiger charge is -2.17.